The van der Waals surface area contributed by atoms with E-state index in [9.17, 15) is 13.2 Å². The fourth-order valence-corrected chi connectivity index (χ4v) is 5.52. The largest absolute Gasteiger partial charge is 0.485 e. The normalized spacial score (nSPS) is 23.8. The van der Waals surface area contributed by atoms with Crippen LogP contribution >= 0.6 is 0 Å². The maximum atomic E-state index is 13.0. The molecule has 29 heavy (non-hydrogen) atoms. The summed E-state index contributed by atoms with van der Waals surface area (Å²) in [5, 5.41) is 0. The Morgan fingerprint density at radius 1 is 1.03 bits per heavy atom. The van der Waals surface area contributed by atoms with Gasteiger partial charge >= 0.3 is 0 Å². The lowest BCUT2D eigenvalue weighted by Gasteiger charge is -2.34. The summed E-state index contributed by atoms with van der Waals surface area (Å²) in [5.41, 5.74) is 0. The van der Waals surface area contributed by atoms with E-state index in [0.29, 0.717) is 24.6 Å². The Hall–Kier alpha value is -1.84. The molecule has 2 saturated heterocycles. The molecule has 4 rings (SSSR count). The third-order valence-electron chi connectivity index (χ3n) is 5.93. The third-order valence-corrected chi connectivity index (χ3v) is 7.83. The van der Waals surface area contributed by atoms with Crippen molar-refractivity contribution in [3.63, 3.8) is 0 Å². The molecule has 160 valence electrons. The molecule has 3 aliphatic heterocycles. The van der Waals surface area contributed by atoms with Crippen LogP contribution in [0.5, 0.6) is 11.5 Å². The molecule has 0 aromatic heterocycles. The second kappa shape index (κ2) is 8.49. The third kappa shape index (κ3) is 4.22. The minimum absolute atomic E-state index is 0.0548. The van der Waals surface area contributed by atoms with E-state index in [-0.39, 0.29) is 17.4 Å². The molecular weight excluding hydrogens is 394 g/mol. The number of fused-ring (bicyclic) bond motifs is 1. The van der Waals surface area contributed by atoms with Crippen LogP contribution in [0.2, 0.25) is 0 Å². The van der Waals surface area contributed by atoms with Crippen molar-refractivity contribution in [3.05, 3.63) is 18.2 Å². The zero-order valence-corrected chi connectivity index (χ0v) is 17.7. The fraction of sp³-hybridized carbons (Fsp3) is 0.650. The van der Waals surface area contributed by atoms with Crippen molar-refractivity contribution in [1.29, 1.82) is 0 Å². The molecule has 1 amide bonds. The van der Waals surface area contributed by atoms with Gasteiger partial charge in [0.05, 0.1) is 4.90 Å². The highest BCUT2D eigenvalue weighted by Crippen LogP contribution is 2.35. The second-order valence-electron chi connectivity index (χ2n) is 7.75. The van der Waals surface area contributed by atoms with Crippen molar-refractivity contribution in [1.82, 2.24) is 14.1 Å². The van der Waals surface area contributed by atoms with Crippen molar-refractivity contribution in [2.75, 3.05) is 52.4 Å². The number of nitrogens with zero attached hydrogens (tertiary/aromatic N) is 3. The van der Waals surface area contributed by atoms with Crippen LogP contribution in [0.3, 0.4) is 0 Å². The SMILES string of the molecule is CCN1CCN(S(=O)(=O)c2ccc3c(c2)OC[C@H](C(=O)N2CCCCC2)O3)CC1. The highest BCUT2D eigenvalue weighted by atomic mass is 32.2. The summed E-state index contributed by atoms with van der Waals surface area (Å²) in [7, 11) is -3.58. The molecule has 9 heteroatoms. The number of ether oxygens (including phenoxy) is 2. The number of amides is 1. The molecule has 1 aromatic rings. The van der Waals surface area contributed by atoms with Crippen LogP contribution in [0.15, 0.2) is 23.1 Å². The van der Waals surface area contributed by atoms with Crippen LogP contribution in [0.25, 0.3) is 0 Å². The summed E-state index contributed by atoms with van der Waals surface area (Å²) >= 11 is 0. The molecule has 1 aromatic carbocycles. The molecule has 3 aliphatic rings. The summed E-state index contributed by atoms with van der Waals surface area (Å²) in [5.74, 6) is 0.739. The standard InChI is InChI=1S/C20H29N3O5S/c1-2-21-10-12-23(13-11-21)29(25,26)16-6-7-17-18(14-16)27-15-19(28-17)20(24)22-8-4-3-5-9-22/h6-7,14,19H,2-5,8-13,15H2,1H3/t19-/m1/s1. The molecule has 0 aliphatic carbocycles. The van der Waals surface area contributed by atoms with Crippen LogP contribution in [0.4, 0.5) is 0 Å². The minimum atomic E-state index is -3.58. The number of carbonyl (C=O) groups is 1. The number of piperidine rings is 1. The molecule has 0 bridgehead atoms. The van der Waals surface area contributed by atoms with Crippen LogP contribution in [-0.4, -0.2) is 87.0 Å². The number of likely N-dealkylation sites (N-methyl/N-ethyl adjacent to an activating group) is 1. The van der Waals surface area contributed by atoms with E-state index in [1.54, 1.807) is 6.07 Å². The van der Waals surface area contributed by atoms with E-state index in [0.717, 1.165) is 52.0 Å². The first kappa shape index (κ1) is 20.4. The van der Waals surface area contributed by atoms with Gasteiger partial charge in [-0.05, 0) is 37.9 Å². The number of likely N-dealkylation sites (tertiary alicyclic amines) is 1. The van der Waals surface area contributed by atoms with E-state index in [1.807, 2.05) is 4.90 Å². The molecule has 0 unspecified atom stereocenters. The number of benzene rings is 1. The molecule has 0 saturated carbocycles. The lowest BCUT2D eigenvalue weighted by Crippen LogP contribution is -2.48. The highest BCUT2D eigenvalue weighted by molar-refractivity contribution is 7.89. The van der Waals surface area contributed by atoms with Gasteiger partial charge in [0, 0.05) is 45.3 Å². The predicted octanol–water partition coefficient (Wildman–Crippen LogP) is 1.17. The lowest BCUT2D eigenvalue weighted by atomic mass is 10.1. The molecular formula is C20H29N3O5S. The predicted molar refractivity (Wildman–Crippen MR) is 108 cm³/mol. The Kier molecular flexibility index (Phi) is 5.98. The summed E-state index contributed by atoms with van der Waals surface area (Å²) in [6.07, 6.45) is 2.51. The second-order valence-corrected chi connectivity index (χ2v) is 9.69. The van der Waals surface area contributed by atoms with E-state index in [2.05, 4.69) is 11.8 Å². The first-order valence-corrected chi connectivity index (χ1v) is 11.9. The van der Waals surface area contributed by atoms with Crippen molar-refractivity contribution >= 4 is 15.9 Å². The van der Waals surface area contributed by atoms with Crippen LogP contribution in [0, 0.1) is 0 Å². The van der Waals surface area contributed by atoms with E-state index in [1.165, 1.54) is 16.4 Å². The van der Waals surface area contributed by atoms with Gasteiger partial charge in [-0.3, -0.25) is 4.79 Å². The first-order chi connectivity index (χ1) is 14.0. The Labute approximate surface area is 172 Å². The van der Waals surface area contributed by atoms with Crippen molar-refractivity contribution in [2.24, 2.45) is 0 Å². The molecule has 0 spiro atoms. The molecule has 1 atom stereocenters. The van der Waals surface area contributed by atoms with E-state index in [4.69, 9.17) is 9.47 Å². The van der Waals surface area contributed by atoms with Gasteiger partial charge in [-0.15, -0.1) is 0 Å². The molecule has 8 nitrogen and oxygen atoms in total. The maximum Gasteiger partial charge on any atom is 0.267 e. The first-order valence-electron chi connectivity index (χ1n) is 10.4. The highest BCUT2D eigenvalue weighted by Gasteiger charge is 2.34. The average Bonchev–Trinajstić information content (AvgIpc) is 2.78. The Bertz CT molecular complexity index is 846. The van der Waals surface area contributed by atoms with Gasteiger partial charge in [0.15, 0.2) is 11.5 Å². The van der Waals surface area contributed by atoms with Gasteiger partial charge in [-0.1, -0.05) is 6.92 Å². The number of carbonyl (C=O) groups excluding carboxylic acids is 1. The summed E-state index contributed by atoms with van der Waals surface area (Å²) in [6, 6.07) is 4.65. The average molecular weight is 424 g/mol. The van der Waals surface area contributed by atoms with Gasteiger partial charge in [-0.2, -0.15) is 4.31 Å². The number of hydrogen-bond acceptors (Lipinski definition) is 6. The quantitative estimate of drug-likeness (QED) is 0.723. The minimum Gasteiger partial charge on any atom is -0.485 e. The smallest absolute Gasteiger partial charge is 0.267 e. The number of hydrogen-bond donors (Lipinski definition) is 0. The molecule has 3 heterocycles. The Balaban J connectivity index is 1.45. The van der Waals surface area contributed by atoms with Gasteiger partial charge in [0.2, 0.25) is 16.1 Å². The van der Waals surface area contributed by atoms with Gasteiger partial charge in [0.1, 0.15) is 6.61 Å². The van der Waals surface area contributed by atoms with Crippen molar-refractivity contribution in [2.45, 2.75) is 37.2 Å². The topological polar surface area (TPSA) is 79.4 Å². The maximum absolute atomic E-state index is 13.0. The molecule has 2 fully saturated rings. The van der Waals surface area contributed by atoms with E-state index >= 15 is 0 Å². The zero-order valence-electron chi connectivity index (χ0n) is 16.9. The summed E-state index contributed by atoms with van der Waals surface area (Å²) in [6.45, 7) is 7.06. The van der Waals surface area contributed by atoms with Gasteiger partial charge in [-0.25, -0.2) is 8.42 Å². The number of piperazine rings is 1. The molecule has 0 radical (unpaired) electrons. The van der Waals surface area contributed by atoms with Crippen LogP contribution in [-0.2, 0) is 14.8 Å². The molecule has 0 N–H and O–H groups in total. The Morgan fingerprint density at radius 2 is 1.76 bits per heavy atom. The van der Waals surface area contributed by atoms with Crippen LogP contribution in [0.1, 0.15) is 26.2 Å². The lowest BCUT2D eigenvalue weighted by molar-refractivity contribution is -0.142. The summed E-state index contributed by atoms with van der Waals surface area (Å²) < 4.78 is 39.1. The fourth-order valence-electron chi connectivity index (χ4n) is 4.09. The van der Waals surface area contributed by atoms with Crippen molar-refractivity contribution < 1.29 is 22.7 Å². The monoisotopic (exact) mass is 423 g/mol. The van der Waals surface area contributed by atoms with E-state index < -0.39 is 16.1 Å². The Morgan fingerprint density at radius 3 is 2.45 bits per heavy atom. The van der Waals surface area contributed by atoms with Crippen molar-refractivity contribution in [3.8, 4) is 11.5 Å². The number of rotatable bonds is 4. The number of sulfonamides is 1. The van der Waals surface area contributed by atoms with Gasteiger partial charge in [0.25, 0.3) is 5.91 Å². The zero-order chi connectivity index (χ0) is 20.4. The summed E-state index contributed by atoms with van der Waals surface area (Å²) in [4.78, 5) is 16.9. The van der Waals surface area contributed by atoms with Gasteiger partial charge < -0.3 is 19.3 Å². The van der Waals surface area contributed by atoms with Crippen LogP contribution < -0.4 is 9.47 Å².